The van der Waals surface area contributed by atoms with Gasteiger partial charge in [-0.1, -0.05) is 13.8 Å². The van der Waals surface area contributed by atoms with Crippen LogP contribution in [0.15, 0.2) is 0 Å². The molecule has 2 aliphatic rings. The maximum Gasteiger partial charge on any atom is 0.490 e. The van der Waals surface area contributed by atoms with E-state index in [-0.39, 0.29) is 11.9 Å². The molecule has 3 N–H and O–H groups in total. The van der Waals surface area contributed by atoms with Gasteiger partial charge >= 0.3 is 18.1 Å². The minimum atomic E-state index is -5.08. The maximum absolute atomic E-state index is 12.7. The second-order valence-electron chi connectivity index (χ2n) is 7.14. The van der Waals surface area contributed by atoms with Crippen molar-refractivity contribution in [1.29, 1.82) is 0 Å². The van der Waals surface area contributed by atoms with E-state index < -0.39 is 23.2 Å². The zero-order chi connectivity index (χ0) is 20.3. The van der Waals surface area contributed by atoms with Crippen molar-refractivity contribution in [3.05, 3.63) is 0 Å². The first-order chi connectivity index (χ1) is 11.8. The van der Waals surface area contributed by atoms with Gasteiger partial charge in [0.2, 0.25) is 5.91 Å². The van der Waals surface area contributed by atoms with Crippen molar-refractivity contribution in [1.82, 2.24) is 4.90 Å². The minimum absolute atomic E-state index is 0.0737. The molecule has 2 aliphatic heterocycles. The lowest BCUT2D eigenvalue weighted by Gasteiger charge is -2.47. The summed E-state index contributed by atoms with van der Waals surface area (Å²) in [6.45, 7) is 4.74. The molecular formula is C16H25F3N2O5. The van der Waals surface area contributed by atoms with E-state index >= 15 is 0 Å². The lowest BCUT2D eigenvalue weighted by Crippen LogP contribution is -2.67. The predicted molar refractivity (Wildman–Crippen MR) is 85.0 cm³/mol. The van der Waals surface area contributed by atoms with Gasteiger partial charge in [-0.05, 0) is 38.0 Å². The number of carbonyl (C=O) groups excluding carboxylic acids is 2. The molecule has 2 atom stereocenters. The number of rotatable bonds is 3. The van der Waals surface area contributed by atoms with Gasteiger partial charge in [0.05, 0.1) is 12.6 Å². The van der Waals surface area contributed by atoms with Crippen LogP contribution in [0.3, 0.4) is 0 Å². The van der Waals surface area contributed by atoms with Crippen LogP contribution in [0.25, 0.3) is 0 Å². The van der Waals surface area contributed by atoms with Crippen LogP contribution in [0, 0.1) is 5.92 Å². The molecule has 0 spiro atoms. The second-order valence-corrected chi connectivity index (χ2v) is 7.14. The van der Waals surface area contributed by atoms with Crippen LogP contribution in [-0.4, -0.2) is 58.8 Å². The van der Waals surface area contributed by atoms with Gasteiger partial charge in [-0.2, -0.15) is 13.2 Å². The van der Waals surface area contributed by atoms with Crippen LogP contribution in [0.2, 0.25) is 0 Å². The van der Waals surface area contributed by atoms with Gasteiger partial charge in [-0.3, -0.25) is 4.79 Å². The van der Waals surface area contributed by atoms with E-state index in [4.69, 9.17) is 20.4 Å². The first-order valence-corrected chi connectivity index (χ1v) is 8.29. The zero-order valence-corrected chi connectivity index (χ0v) is 15.1. The Bertz CT molecular complexity index is 567. The summed E-state index contributed by atoms with van der Waals surface area (Å²) in [5, 5.41) is 7.12. The number of carboxylic acid groups (broad SMARTS) is 1. The number of carboxylic acids is 1. The average Bonchev–Trinajstić information content (AvgIpc) is 2.95. The third-order valence-electron chi connectivity index (χ3n) is 4.72. The van der Waals surface area contributed by atoms with E-state index in [0.29, 0.717) is 38.1 Å². The molecule has 26 heavy (non-hydrogen) atoms. The summed E-state index contributed by atoms with van der Waals surface area (Å²) in [5.74, 6) is -2.75. The van der Waals surface area contributed by atoms with Crippen molar-refractivity contribution in [3.63, 3.8) is 0 Å². The van der Waals surface area contributed by atoms with Crippen molar-refractivity contribution in [2.45, 2.75) is 63.2 Å². The second kappa shape index (κ2) is 7.81. The summed E-state index contributed by atoms with van der Waals surface area (Å²) in [7, 11) is 1.39. The fourth-order valence-electron chi connectivity index (χ4n) is 3.66. The lowest BCUT2D eigenvalue weighted by atomic mass is 9.74. The Morgan fingerprint density at radius 1 is 1.31 bits per heavy atom. The molecule has 2 heterocycles. The normalized spacial score (nSPS) is 28.3. The highest BCUT2D eigenvalue weighted by Gasteiger charge is 2.58. The van der Waals surface area contributed by atoms with E-state index in [9.17, 15) is 22.8 Å². The van der Waals surface area contributed by atoms with Crippen LogP contribution in [-0.2, 0) is 19.1 Å². The number of nitrogens with two attached hydrogens (primary N) is 1. The number of piperidine rings is 1. The molecule has 1 amide bonds. The molecule has 0 radical (unpaired) electrons. The molecule has 0 saturated carbocycles. The van der Waals surface area contributed by atoms with E-state index in [1.807, 2.05) is 0 Å². The molecule has 2 rings (SSSR count). The lowest BCUT2D eigenvalue weighted by molar-refractivity contribution is -0.192. The number of aliphatic carboxylic acids is 1. The Kier molecular flexibility index (Phi) is 6.67. The third kappa shape index (κ3) is 4.46. The van der Waals surface area contributed by atoms with Gasteiger partial charge in [-0.15, -0.1) is 0 Å². The summed E-state index contributed by atoms with van der Waals surface area (Å²) in [6, 6.07) is 0. The Morgan fingerprint density at radius 3 is 2.27 bits per heavy atom. The SMILES string of the molecule is COC(=O)[C@]12CCCN1C(=O)[C@@](N)(CC(C)C)CC2.O=C(O)C(F)(F)F. The van der Waals surface area contributed by atoms with Crippen molar-refractivity contribution >= 4 is 17.8 Å². The van der Waals surface area contributed by atoms with E-state index in [1.165, 1.54) is 7.11 Å². The van der Waals surface area contributed by atoms with Gasteiger partial charge in [0.15, 0.2) is 0 Å². The molecule has 0 aromatic carbocycles. The standard InChI is InChI=1S/C14H24N2O3.C2HF3O2/c1-10(2)9-13(15)6-7-14(12(18)19-3)5-4-8-16(14)11(13)17;3-2(4,5)1(6)7/h10H,4-9,15H2,1-3H3;(H,6,7)/t13-,14+;/m0./s1. The maximum atomic E-state index is 12.7. The van der Waals surface area contributed by atoms with Gasteiger partial charge in [0.1, 0.15) is 5.54 Å². The van der Waals surface area contributed by atoms with Crippen molar-refractivity contribution in [2.24, 2.45) is 11.7 Å². The van der Waals surface area contributed by atoms with Crippen LogP contribution < -0.4 is 5.73 Å². The Hall–Kier alpha value is -1.84. The summed E-state index contributed by atoms with van der Waals surface area (Å²) in [4.78, 5) is 35.4. The van der Waals surface area contributed by atoms with Crippen LogP contribution in [0.5, 0.6) is 0 Å². The third-order valence-corrected chi connectivity index (χ3v) is 4.72. The zero-order valence-electron chi connectivity index (χ0n) is 15.1. The molecule has 0 unspecified atom stereocenters. The van der Waals surface area contributed by atoms with Crippen molar-refractivity contribution in [2.75, 3.05) is 13.7 Å². The first-order valence-electron chi connectivity index (χ1n) is 8.29. The largest absolute Gasteiger partial charge is 0.490 e. The molecule has 0 bridgehead atoms. The van der Waals surface area contributed by atoms with E-state index in [1.54, 1.807) is 4.90 Å². The molecule has 0 aliphatic carbocycles. The van der Waals surface area contributed by atoms with Gasteiger partial charge in [0, 0.05) is 6.54 Å². The van der Waals surface area contributed by atoms with Crippen LogP contribution in [0.1, 0.15) is 46.0 Å². The molecule has 2 saturated heterocycles. The monoisotopic (exact) mass is 382 g/mol. The predicted octanol–water partition coefficient (Wildman–Crippen LogP) is 1.69. The van der Waals surface area contributed by atoms with Gasteiger partial charge < -0.3 is 20.5 Å². The summed E-state index contributed by atoms with van der Waals surface area (Å²) in [6.07, 6.45) is -1.69. The van der Waals surface area contributed by atoms with Crippen LogP contribution in [0.4, 0.5) is 13.2 Å². The number of halogens is 3. The average molecular weight is 382 g/mol. The highest BCUT2D eigenvalue weighted by molar-refractivity contribution is 5.95. The van der Waals surface area contributed by atoms with Gasteiger partial charge in [-0.25, -0.2) is 9.59 Å². The summed E-state index contributed by atoms with van der Waals surface area (Å²) >= 11 is 0. The van der Waals surface area contributed by atoms with Crippen LogP contribution >= 0.6 is 0 Å². The number of amides is 1. The number of carbonyl (C=O) groups is 3. The number of hydrogen-bond acceptors (Lipinski definition) is 5. The first kappa shape index (κ1) is 22.2. The molecule has 7 nitrogen and oxygen atoms in total. The molecule has 2 fully saturated rings. The highest BCUT2D eigenvalue weighted by atomic mass is 19.4. The molecule has 0 aromatic heterocycles. The summed E-state index contributed by atoms with van der Waals surface area (Å²) < 4.78 is 36.7. The smallest absolute Gasteiger partial charge is 0.475 e. The van der Waals surface area contributed by atoms with E-state index in [2.05, 4.69) is 13.8 Å². The molecule has 10 heteroatoms. The number of alkyl halides is 3. The topological polar surface area (TPSA) is 110 Å². The number of fused-ring (bicyclic) bond motifs is 1. The number of nitrogens with zero attached hydrogens (tertiary/aromatic N) is 1. The number of methoxy groups -OCH3 is 1. The number of hydrogen-bond donors (Lipinski definition) is 2. The fourth-order valence-corrected chi connectivity index (χ4v) is 3.66. The Morgan fingerprint density at radius 2 is 1.85 bits per heavy atom. The number of ether oxygens (including phenoxy) is 1. The molecule has 150 valence electrons. The Balaban J connectivity index is 0.000000412. The minimum Gasteiger partial charge on any atom is -0.475 e. The van der Waals surface area contributed by atoms with Crippen molar-refractivity contribution < 1.29 is 37.4 Å². The quantitative estimate of drug-likeness (QED) is 0.719. The summed E-state index contributed by atoms with van der Waals surface area (Å²) in [5.41, 5.74) is 4.76. The molecular weight excluding hydrogens is 357 g/mol. The van der Waals surface area contributed by atoms with Gasteiger partial charge in [0.25, 0.3) is 0 Å². The Labute approximate surface area is 149 Å². The highest BCUT2D eigenvalue weighted by Crippen LogP contribution is 2.43. The fraction of sp³-hybridized carbons (Fsp3) is 0.812. The number of esters is 1. The molecule has 0 aromatic rings. The van der Waals surface area contributed by atoms with E-state index in [0.717, 1.165) is 6.42 Å². The van der Waals surface area contributed by atoms with Crippen molar-refractivity contribution in [3.8, 4) is 0 Å².